The fourth-order valence-electron chi connectivity index (χ4n) is 4.92. The average Bonchev–Trinajstić information content (AvgIpc) is 3.35. The number of carbonyl (C=O) groups is 1. The average molecular weight is 497 g/mol. The third kappa shape index (κ3) is 4.47. The predicted octanol–water partition coefficient (Wildman–Crippen LogP) is 4.80. The summed E-state index contributed by atoms with van der Waals surface area (Å²) in [7, 11) is 0. The number of nitrogens with one attached hydrogen (secondary N) is 2. The molecule has 1 amide bonds. The lowest BCUT2D eigenvalue weighted by Crippen LogP contribution is -2.37. The first-order valence-electron chi connectivity index (χ1n) is 11.9. The van der Waals surface area contributed by atoms with Gasteiger partial charge in [-0.3, -0.25) is 9.78 Å². The quantitative estimate of drug-likeness (QED) is 0.374. The van der Waals surface area contributed by atoms with Gasteiger partial charge < -0.3 is 20.1 Å². The minimum absolute atomic E-state index is 0.112. The third-order valence-electron chi connectivity index (χ3n) is 6.55. The summed E-state index contributed by atoms with van der Waals surface area (Å²) < 4.78 is 2.17. The molecule has 0 aliphatic carbocycles. The number of para-hydroxylation sites is 1. The number of hydrogen-bond donors (Lipinski definition) is 2. The van der Waals surface area contributed by atoms with Crippen LogP contribution in [0.4, 0.5) is 5.69 Å². The van der Waals surface area contributed by atoms with E-state index in [1.807, 2.05) is 65.7 Å². The summed E-state index contributed by atoms with van der Waals surface area (Å²) in [6, 6.07) is 21.0. The molecule has 4 heterocycles. The van der Waals surface area contributed by atoms with Crippen LogP contribution in [-0.2, 0) is 4.79 Å². The fraction of sp³-hybridized carbons (Fsp3) is 0.214. The van der Waals surface area contributed by atoms with Gasteiger partial charge in [0.05, 0.1) is 17.8 Å². The van der Waals surface area contributed by atoms with Gasteiger partial charge in [-0.15, -0.1) is 0 Å². The summed E-state index contributed by atoms with van der Waals surface area (Å²) in [5, 5.41) is 6.94. The van der Waals surface area contributed by atoms with Gasteiger partial charge in [0.25, 0.3) is 0 Å². The number of hydrogen-bond acceptors (Lipinski definition) is 4. The van der Waals surface area contributed by atoms with Crippen molar-refractivity contribution in [3.8, 4) is 5.82 Å². The van der Waals surface area contributed by atoms with Gasteiger partial charge in [0.1, 0.15) is 12.4 Å². The lowest BCUT2D eigenvalue weighted by atomic mass is 9.96. The Morgan fingerprint density at radius 2 is 1.75 bits per heavy atom. The highest BCUT2D eigenvalue weighted by Gasteiger charge is 2.42. The summed E-state index contributed by atoms with van der Waals surface area (Å²) in [4.78, 5) is 24.3. The third-order valence-corrected chi connectivity index (χ3v) is 6.90. The minimum atomic E-state index is -0.224. The van der Waals surface area contributed by atoms with Gasteiger partial charge >= 0.3 is 0 Å². The van der Waals surface area contributed by atoms with Crippen molar-refractivity contribution in [2.24, 2.45) is 0 Å². The van der Waals surface area contributed by atoms with Crippen LogP contribution in [0.2, 0.25) is 0 Å². The topological polar surface area (TPSA) is 75.1 Å². The van der Waals surface area contributed by atoms with E-state index in [9.17, 15) is 4.79 Å². The Bertz CT molecular complexity index is 1400. The van der Waals surface area contributed by atoms with Gasteiger partial charge in [-0.25, -0.2) is 4.98 Å². The van der Waals surface area contributed by atoms with E-state index in [0.717, 1.165) is 39.7 Å². The van der Waals surface area contributed by atoms with Gasteiger partial charge in [-0.05, 0) is 80.5 Å². The van der Waals surface area contributed by atoms with Crippen LogP contribution in [0.1, 0.15) is 40.3 Å². The summed E-state index contributed by atoms with van der Waals surface area (Å²) in [6.07, 6.45) is 3.59. The molecule has 0 bridgehead atoms. The molecule has 1 fully saturated rings. The van der Waals surface area contributed by atoms with Crippen molar-refractivity contribution in [2.75, 3.05) is 11.9 Å². The normalized spacial score (nSPS) is 17.2. The Kier molecular flexibility index (Phi) is 6.52. The van der Waals surface area contributed by atoms with E-state index in [2.05, 4.69) is 58.1 Å². The number of aryl methyl sites for hydroxylation is 2. The predicted molar refractivity (Wildman–Crippen MR) is 145 cm³/mol. The standard InChI is InChI=1S/C28H28N6OS/c1-18-10-9-15-30-27(18)34-19(2)16-22(20(34)3)26-25(23-13-7-8-14-29-23)32-28(36)33(26)17-24(35)31-21-11-5-4-6-12-21/h4-16,25-26H,17H2,1-3H3,(H,31,35)(H,32,36)/t25-,26-/m0/s1. The molecule has 3 aromatic heterocycles. The van der Waals surface area contributed by atoms with Gasteiger partial charge in [0.15, 0.2) is 5.11 Å². The fourth-order valence-corrected chi connectivity index (χ4v) is 5.22. The van der Waals surface area contributed by atoms with Crippen molar-refractivity contribution in [2.45, 2.75) is 32.9 Å². The van der Waals surface area contributed by atoms with E-state index in [0.29, 0.717) is 5.11 Å². The molecular weight excluding hydrogens is 468 g/mol. The molecule has 1 aliphatic heterocycles. The second kappa shape index (κ2) is 9.91. The Balaban J connectivity index is 1.55. The van der Waals surface area contributed by atoms with E-state index in [1.165, 1.54) is 0 Å². The molecule has 1 saturated heterocycles. The lowest BCUT2D eigenvalue weighted by Gasteiger charge is -2.27. The van der Waals surface area contributed by atoms with Crippen molar-refractivity contribution >= 4 is 28.9 Å². The molecule has 182 valence electrons. The Morgan fingerprint density at radius 1 is 1.00 bits per heavy atom. The maximum atomic E-state index is 13.1. The van der Waals surface area contributed by atoms with E-state index in [1.54, 1.807) is 6.20 Å². The number of anilines is 1. The van der Waals surface area contributed by atoms with Crippen molar-refractivity contribution in [3.05, 3.63) is 107 Å². The summed E-state index contributed by atoms with van der Waals surface area (Å²) >= 11 is 5.76. The largest absolute Gasteiger partial charge is 0.352 e. The molecule has 4 aromatic rings. The van der Waals surface area contributed by atoms with Crippen LogP contribution in [0.25, 0.3) is 5.82 Å². The zero-order valence-corrected chi connectivity index (χ0v) is 21.3. The minimum Gasteiger partial charge on any atom is -0.352 e. The first-order valence-corrected chi connectivity index (χ1v) is 12.3. The molecule has 7 nitrogen and oxygen atoms in total. The molecule has 2 atom stereocenters. The first-order chi connectivity index (χ1) is 17.4. The second-order valence-corrected chi connectivity index (χ2v) is 9.36. The van der Waals surface area contributed by atoms with E-state index < -0.39 is 0 Å². The van der Waals surface area contributed by atoms with Crippen LogP contribution in [0.15, 0.2) is 79.1 Å². The highest BCUT2D eigenvalue weighted by molar-refractivity contribution is 7.80. The van der Waals surface area contributed by atoms with E-state index >= 15 is 0 Å². The molecule has 5 rings (SSSR count). The van der Waals surface area contributed by atoms with Crippen LogP contribution < -0.4 is 10.6 Å². The monoisotopic (exact) mass is 496 g/mol. The van der Waals surface area contributed by atoms with E-state index in [-0.39, 0.29) is 24.5 Å². The Hall–Kier alpha value is -4.04. The number of thiocarbonyl (C=S) groups is 1. The SMILES string of the molecule is Cc1cccnc1-n1c(C)cc([C@H]2[C@H](c3ccccn3)NC(=S)N2CC(=O)Nc2ccccc2)c1C. The van der Waals surface area contributed by atoms with Gasteiger partial charge in [0.2, 0.25) is 5.91 Å². The zero-order valence-electron chi connectivity index (χ0n) is 20.5. The van der Waals surface area contributed by atoms with Crippen LogP contribution in [0.3, 0.4) is 0 Å². The molecule has 8 heteroatoms. The van der Waals surface area contributed by atoms with Crippen LogP contribution >= 0.6 is 12.2 Å². The second-order valence-electron chi connectivity index (χ2n) is 8.97. The maximum Gasteiger partial charge on any atom is 0.244 e. The molecule has 36 heavy (non-hydrogen) atoms. The molecule has 0 saturated carbocycles. The zero-order chi connectivity index (χ0) is 25.2. The number of amides is 1. The number of benzene rings is 1. The molecule has 1 aliphatic rings. The van der Waals surface area contributed by atoms with Gasteiger partial charge in [-0.1, -0.05) is 30.3 Å². The van der Waals surface area contributed by atoms with Crippen molar-refractivity contribution in [3.63, 3.8) is 0 Å². The molecule has 1 aromatic carbocycles. The molecule has 0 radical (unpaired) electrons. The van der Waals surface area contributed by atoms with Crippen LogP contribution in [0.5, 0.6) is 0 Å². The highest BCUT2D eigenvalue weighted by atomic mass is 32.1. The molecule has 0 spiro atoms. The van der Waals surface area contributed by atoms with Crippen LogP contribution in [-0.4, -0.2) is 37.0 Å². The number of nitrogens with zero attached hydrogens (tertiary/aromatic N) is 4. The smallest absolute Gasteiger partial charge is 0.244 e. The number of rotatable bonds is 6. The van der Waals surface area contributed by atoms with Crippen molar-refractivity contribution < 1.29 is 4.79 Å². The number of pyridine rings is 2. The van der Waals surface area contributed by atoms with E-state index in [4.69, 9.17) is 12.2 Å². The Labute approximate surface area is 216 Å². The summed E-state index contributed by atoms with van der Waals surface area (Å²) in [6.45, 7) is 6.34. The van der Waals surface area contributed by atoms with Crippen LogP contribution in [0, 0.1) is 20.8 Å². The molecular formula is C28H28N6OS. The first kappa shape index (κ1) is 23.7. The van der Waals surface area contributed by atoms with Crippen molar-refractivity contribution in [1.82, 2.24) is 24.8 Å². The number of aromatic nitrogens is 3. The lowest BCUT2D eigenvalue weighted by molar-refractivity contribution is -0.116. The summed E-state index contributed by atoms with van der Waals surface area (Å²) in [5.74, 6) is 0.765. The van der Waals surface area contributed by atoms with Crippen molar-refractivity contribution in [1.29, 1.82) is 0 Å². The molecule has 2 N–H and O–H groups in total. The Morgan fingerprint density at radius 3 is 2.47 bits per heavy atom. The van der Waals surface area contributed by atoms with Gasteiger partial charge in [-0.2, -0.15) is 0 Å². The highest BCUT2D eigenvalue weighted by Crippen LogP contribution is 2.41. The van der Waals surface area contributed by atoms with Gasteiger partial charge in [0, 0.05) is 29.5 Å². The molecule has 0 unspecified atom stereocenters. The number of carbonyl (C=O) groups excluding carboxylic acids is 1. The maximum absolute atomic E-state index is 13.1. The summed E-state index contributed by atoms with van der Waals surface area (Å²) in [5.41, 5.74) is 5.91.